The summed E-state index contributed by atoms with van der Waals surface area (Å²) >= 11 is 0. The molecule has 1 unspecified atom stereocenters. The fourth-order valence-electron chi connectivity index (χ4n) is 2.53. The van der Waals surface area contributed by atoms with Crippen molar-refractivity contribution >= 4 is 12.1 Å². The normalized spacial score (nSPS) is 24.2. The molecule has 0 aliphatic heterocycles. The van der Waals surface area contributed by atoms with Gasteiger partial charge in [-0.2, -0.15) is 0 Å². The molecule has 1 atom stereocenters. The van der Waals surface area contributed by atoms with E-state index in [1.807, 2.05) is 27.7 Å². The fraction of sp³-hybridized carbons (Fsp3) is 0.867. The number of carboxylic acids is 1. The van der Waals surface area contributed by atoms with Crippen molar-refractivity contribution in [3.8, 4) is 0 Å². The van der Waals surface area contributed by atoms with Crippen LogP contribution >= 0.6 is 0 Å². The number of rotatable bonds is 5. The Balaban J connectivity index is 2.32. The van der Waals surface area contributed by atoms with Crippen LogP contribution in [0.3, 0.4) is 0 Å². The van der Waals surface area contributed by atoms with E-state index in [0.717, 1.165) is 25.7 Å². The predicted octanol–water partition coefficient (Wildman–Crippen LogP) is 2.28. The van der Waals surface area contributed by atoms with Crippen LogP contribution < -0.4 is 10.6 Å². The molecule has 0 heterocycles. The van der Waals surface area contributed by atoms with Gasteiger partial charge in [0, 0.05) is 12.1 Å². The van der Waals surface area contributed by atoms with E-state index < -0.39 is 17.6 Å². The smallest absolute Gasteiger partial charge is 0.407 e. The molecule has 0 bridgehead atoms. The van der Waals surface area contributed by atoms with E-state index in [4.69, 9.17) is 9.84 Å². The van der Waals surface area contributed by atoms with Gasteiger partial charge in [-0.05, 0) is 52.9 Å². The van der Waals surface area contributed by atoms with Crippen LogP contribution in [0.15, 0.2) is 0 Å². The van der Waals surface area contributed by atoms with E-state index in [1.165, 1.54) is 0 Å². The van der Waals surface area contributed by atoms with Crippen molar-refractivity contribution < 1.29 is 19.4 Å². The van der Waals surface area contributed by atoms with Crippen LogP contribution in [0.5, 0.6) is 0 Å². The summed E-state index contributed by atoms with van der Waals surface area (Å²) in [6.07, 6.45) is 3.61. The third-order valence-corrected chi connectivity index (χ3v) is 3.59. The van der Waals surface area contributed by atoms with E-state index in [9.17, 15) is 9.59 Å². The maximum Gasteiger partial charge on any atom is 0.407 e. The van der Waals surface area contributed by atoms with Crippen molar-refractivity contribution in [2.75, 3.05) is 0 Å². The molecule has 0 aromatic heterocycles. The number of aliphatic carboxylic acids is 1. The Bertz CT molecular complexity index is 357. The van der Waals surface area contributed by atoms with Crippen LogP contribution in [0.25, 0.3) is 0 Å². The highest BCUT2D eigenvalue weighted by molar-refractivity contribution is 5.73. The van der Waals surface area contributed by atoms with Crippen molar-refractivity contribution in [1.29, 1.82) is 0 Å². The zero-order valence-corrected chi connectivity index (χ0v) is 13.4. The van der Waals surface area contributed by atoms with E-state index in [2.05, 4.69) is 10.6 Å². The summed E-state index contributed by atoms with van der Waals surface area (Å²) in [5, 5.41) is 15.1. The largest absolute Gasteiger partial charge is 0.480 e. The number of hydrogen-bond acceptors (Lipinski definition) is 4. The van der Waals surface area contributed by atoms with Crippen molar-refractivity contribution in [3.05, 3.63) is 0 Å². The van der Waals surface area contributed by atoms with Gasteiger partial charge in [-0.15, -0.1) is 0 Å². The van der Waals surface area contributed by atoms with Gasteiger partial charge in [0.05, 0.1) is 0 Å². The quantitative estimate of drug-likeness (QED) is 0.725. The van der Waals surface area contributed by atoms with E-state index in [0.29, 0.717) is 6.42 Å². The first-order chi connectivity index (χ1) is 9.71. The van der Waals surface area contributed by atoms with E-state index in [1.54, 1.807) is 0 Å². The first-order valence-electron chi connectivity index (χ1n) is 7.69. The minimum Gasteiger partial charge on any atom is -0.480 e. The highest BCUT2D eigenvalue weighted by Gasteiger charge is 2.27. The maximum atomic E-state index is 11.7. The lowest BCUT2D eigenvalue weighted by Crippen LogP contribution is -2.48. The first-order valence-corrected chi connectivity index (χ1v) is 7.69. The molecule has 0 spiro atoms. The summed E-state index contributed by atoms with van der Waals surface area (Å²) in [5.41, 5.74) is -0.487. The molecule has 1 fully saturated rings. The van der Waals surface area contributed by atoms with Crippen molar-refractivity contribution in [2.24, 2.45) is 0 Å². The lowest BCUT2D eigenvalue weighted by Gasteiger charge is -2.31. The Hall–Kier alpha value is -1.30. The van der Waals surface area contributed by atoms with Gasteiger partial charge in [0.1, 0.15) is 11.6 Å². The van der Waals surface area contributed by atoms with Gasteiger partial charge in [-0.3, -0.25) is 4.79 Å². The summed E-state index contributed by atoms with van der Waals surface area (Å²) in [4.78, 5) is 22.7. The molecule has 21 heavy (non-hydrogen) atoms. The van der Waals surface area contributed by atoms with Gasteiger partial charge in [0.25, 0.3) is 0 Å². The molecule has 0 saturated heterocycles. The van der Waals surface area contributed by atoms with E-state index in [-0.39, 0.29) is 18.2 Å². The van der Waals surface area contributed by atoms with Gasteiger partial charge in [0.2, 0.25) is 0 Å². The third-order valence-electron chi connectivity index (χ3n) is 3.59. The van der Waals surface area contributed by atoms with Crippen LogP contribution in [0.2, 0.25) is 0 Å². The molecule has 6 nitrogen and oxygen atoms in total. The van der Waals surface area contributed by atoms with Gasteiger partial charge in [0.15, 0.2) is 0 Å². The molecule has 122 valence electrons. The molecule has 0 aromatic rings. The predicted molar refractivity (Wildman–Crippen MR) is 80.3 cm³/mol. The van der Waals surface area contributed by atoms with E-state index >= 15 is 0 Å². The summed E-state index contributed by atoms with van der Waals surface area (Å²) in [6.45, 7) is 7.38. The summed E-state index contributed by atoms with van der Waals surface area (Å²) in [7, 11) is 0. The second-order valence-electron chi connectivity index (χ2n) is 6.66. The number of ether oxygens (including phenoxy) is 1. The molecular formula is C15H28N2O4. The number of carboxylic acid groups (broad SMARTS) is 1. The van der Waals surface area contributed by atoms with Crippen molar-refractivity contribution in [2.45, 2.75) is 83.5 Å². The topological polar surface area (TPSA) is 87.7 Å². The average molecular weight is 300 g/mol. The van der Waals surface area contributed by atoms with Gasteiger partial charge >= 0.3 is 12.1 Å². The summed E-state index contributed by atoms with van der Waals surface area (Å²) < 4.78 is 5.24. The molecule has 3 N–H and O–H groups in total. The SMILES string of the molecule is CCC(NC1CCC(NC(=O)OC(C)(C)C)CC1)C(=O)O. The second-order valence-corrected chi connectivity index (χ2v) is 6.66. The van der Waals surface area contributed by atoms with Gasteiger partial charge in [-0.1, -0.05) is 6.92 Å². The first kappa shape index (κ1) is 17.8. The molecule has 1 amide bonds. The van der Waals surface area contributed by atoms with Gasteiger partial charge < -0.3 is 20.5 Å². The van der Waals surface area contributed by atoms with Crippen molar-refractivity contribution in [1.82, 2.24) is 10.6 Å². The molecule has 0 aromatic carbocycles. The summed E-state index contributed by atoms with van der Waals surface area (Å²) in [6, 6.07) is -0.157. The van der Waals surface area contributed by atoms with Crippen LogP contribution in [-0.4, -0.2) is 40.9 Å². The minimum atomic E-state index is -0.800. The Morgan fingerprint density at radius 2 is 1.71 bits per heavy atom. The molecule has 1 aliphatic rings. The standard InChI is InChI=1S/C15H28N2O4/c1-5-12(13(18)19)16-10-6-8-11(9-7-10)17-14(20)21-15(2,3)4/h10-12,16H,5-9H2,1-4H3,(H,17,20)(H,18,19). The third kappa shape index (κ3) is 6.80. The Morgan fingerprint density at radius 1 is 1.19 bits per heavy atom. The minimum absolute atomic E-state index is 0.114. The van der Waals surface area contributed by atoms with Crippen LogP contribution in [0, 0.1) is 0 Å². The Labute approximate surface area is 126 Å². The maximum absolute atomic E-state index is 11.7. The number of carbonyl (C=O) groups is 2. The molecule has 1 saturated carbocycles. The average Bonchev–Trinajstić information content (AvgIpc) is 2.35. The second kappa shape index (κ2) is 7.64. The number of alkyl carbamates (subject to hydrolysis) is 1. The highest BCUT2D eigenvalue weighted by atomic mass is 16.6. The highest BCUT2D eigenvalue weighted by Crippen LogP contribution is 2.20. The lowest BCUT2D eigenvalue weighted by molar-refractivity contribution is -0.139. The monoisotopic (exact) mass is 300 g/mol. The van der Waals surface area contributed by atoms with Crippen LogP contribution in [0.4, 0.5) is 4.79 Å². The number of nitrogens with one attached hydrogen (secondary N) is 2. The van der Waals surface area contributed by atoms with Crippen LogP contribution in [-0.2, 0) is 9.53 Å². The Morgan fingerprint density at radius 3 is 2.14 bits per heavy atom. The lowest BCUT2D eigenvalue weighted by atomic mass is 9.90. The van der Waals surface area contributed by atoms with Crippen molar-refractivity contribution in [3.63, 3.8) is 0 Å². The number of carbonyl (C=O) groups excluding carboxylic acids is 1. The molecular weight excluding hydrogens is 272 g/mol. The molecule has 6 heteroatoms. The fourth-order valence-corrected chi connectivity index (χ4v) is 2.53. The number of hydrogen-bond donors (Lipinski definition) is 3. The Kier molecular flexibility index (Phi) is 6.45. The van der Waals surface area contributed by atoms with Crippen LogP contribution in [0.1, 0.15) is 59.8 Å². The molecule has 1 rings (SSSR count). The zero-order valence-electron chi connectivity index (χ0n) is 13.4. The molecule has 1 aliphatic carbocycles. The van der Waals surface area contributed by atoms with Gasteiger partial charge in [-0.25, -0.2) is 4.79 Å². The molecule has 0 radical (unpaired) electrons. The summed E-state index contributed by atoms with van der Waals surface area (Å²) in [5.74, 6) is -0.800. The number of amides is 1. The zero-order chi connectivity index (χ0) is 16.0.